The molecule has 0 aliphatic heterocycles. The quantitative estimate of drug-likeness (QED) is 0.851. The van der Waals surface area contributed by atoms with Crippen LogP contribution >= 0.6 is 0 Å². The van der Waals surface area contributed by atoms with Crippen molar-refractivity contribution in [3.63, 3.8) is 0 Å². The Morgan fingerprint density at radius 3 is 2.40 bits per heavy atom. The minimum Gasteiger partial charge on any atom is -0.508 e. The second-order valence-corrected chi connectivity index (χ2v) is 5.63. The molecule has 2 atom stereocenters. The molecule has 2 N–H and O–H groups in total. The number of benzene rings is 2. The maximum absolute atomic E-state index is 9.63. The lowest BCUT2D eigenvalue weighted by atomic mass is 9.71. The van der Waals surface area contributed by atoms with Crippen molar-refractivity contribution >= 4 is 0 Å². The van der Waals surface area contributed by atoms with E-state index in [4.69, 9.17) is 0 Å². The first-order valence-electron chi connectivity index (χ1n) is 7.29. The molecule has 1 aliphatic rings. The lowest BCUT2D eigenvalue weighted by Gasteiger charge is -2.33. The van der Waals surface area contributed by atoms with Gasteiger partial charge >= 0.3 is 0 Å². The molecule has 20 heavy (non-hydrogen) atoms. The third-order valence-corrected chi connectivity index (χ3v) is 4.50. The fraction of sp³-hybridized carbons (Fsp3) is 0.333. The Kier molecular flexibility index (Phi) is 3.39. The summed E-state index contributed by atoms with van der Waals surface area (Å²) in [5.74, 6) is 1.67. The molecule has 0 bridgehead atoms. The largest absolute Gasteiger partial charge is 0.508 e. The normalized spacial score (nSPS) is 21.4. The van der Waals surface area contributed by atoms with E-state index < -0.39 is 0 Å². The molecule has 3 rings (SSSR count). The van der Waals surface area contributed by atoms with E-state index in [2.05, 4.69) is 13.0 Å². The summed E-state index contributed by atoms with van der Waals surface area (Å²) in [6, 6.07) is 13.4. The van der Waals surface area contributed by atoms with Gasteiger partial charge in [-0.2, -0.15) is 0 Å². The van der Waals surface area contributed by atoms with Crippen molar-refractivity contribution in [1.29, 1.82) is 0 Å². The fourth-order valence-electron chi connectivity index (χ4n) is 3.52. The van der Waals surface area contributed by atoms with Gasteiger partial charge in [0, 0.05) is 0 Å². The highest BCUT2D eigenvalue weighted by atomic mass is 16.3. The van der Waals surface area contributed by atoms with Crippen LogP contribution in [-0.2, 0) is 6.42 Å². The number of phenols is 2. The summed E-state index contributed by atoms with van der Waals surface area (Å²) in [5, 5.41) is 19.1. The Labute approximate surface area is 119 Å². The summed E-state index contributed by atoms with van der Waals surface area (Å²) < 4.78 is 0. The van der Waals surface area contributed by atoms with Crippen LogP contribution in [0, 0.1) is 0 Å². The zero-order chi connectivity index (χ0) is 14.1. The molecule has 0 spiro atoms. The molecule has 0 heterocycles. The van der Waals surface area contributed by atoms with E-state index in [0.29, 0.717) is 23.3 Å². The first-order valence-corrected chi connectivity index (χ1v) is 7.29. The van der Waals surface area contributed by atoms with Crippen LogP contribution in [0.25, 0.3) is 0 Å². The third kappa shape index (κ3) is 2.26. The zero-order valence-electron chi connectivity index (χ0n) is 11.7. The van der Waals surface area contributed by atoms with E-state index in [0.717, 1.165) is 19.3 Å². The van der Waals surface area contributed by atoms with Gasteiger partial charge in [0.25, 0.3) is 0 Å². The number of hydrogen-bond donors (Lipinski definition) is 2. The molecule has 0 saturated carbocycles. The van der Waals surface area contributed by atoms with Crippen LogP contribution in [0.15, 0.2) is 42.5 Å². The van der Waals surface area contributed by atoms with Crippen molar-refractivity contribution in [2.45, 2.75) is 38.0 Å². The number of rotatable bonds is 2. The molecule has 2 heteroatoms. The predicted octanol–water partition coefficient (Wildman–Crippen LogP) is 4.32. The van der Waals surface area contributed by atoms with E-state index in [1.165, 1.54) is 16.7 Å². The summed E-state index contributed by atoms with van der Waals surface area (Å²) in [6.07, 6.45) is 3.19. The van der Waals surface area contributed by atoms with Gasteiger partial charge < -0.3 is 10.2 Å². The maximum atomic E-state index is 9.63. The average molecular weight is 268 g/mol. The summed E-state index contributed by atoms with van der Waals surface area (Å²) in [5.41, 5.74) is 3.95. The van der Waals surface area contributed by atoms with Crippen LogP contribution in [0.2, 0.25) is 0 Å². The van der Waals surface area contributed by atoms with Crippen LogP contribution in [0.5, 0.6) is 11.5 Å². The average Bonchev–Trinajstić information content (AvgIpc) is 2.46. The van der Waals surface area contributed by atoms with Gasteiger partial charge in [-0.15, -0.1) is 0 Å². The highest BCUT2D eigenvalue weighted by Crippen LogP contribution is 2.45. The zero-order valence-corrected chi connectivity index (χ0v) is 11.7. The summed E-state index contributed by atoms with van der Waals surface area (Å²) in [4.78, 5) is 0. The Morgan fingerprint density at radius 1 is 1.00 bits per heavy atom. The van der Waals surface area contributed by atoms with Crippen molar-refractivity contribution in [2.75, 3.05) is 0 Å². The maximum Gasteiger partial charge on any atom is 0.115 e. The van der Waals surface area contributed by atoms with E-state index in [9.17, 15) is 10.2 Å². The Bertz CT molecular complexity index is 601. The van der Waals surface area contributed by atoms with Crippen molar-refractivity contribution < 1.29 is 10.2 Å². The topological polar surface area (TPSA) is 40.5 Å². The standard InChI is InChI=1S/C18H20O2/c1-2-16-17(12-3-6-14(19)7-4-12)9-5-13-11-15(20)8-10-18(13)16/h3-4,6-8,10-11,16-17,19-20H,2,5,9H2,1H3. The SMILES string of the molecule is CCC1c2ccc(O)cc2CCC1c1ccc(O)cc1. The van der Waals surface area contributed by atoms with Gasteiger partial charge in [-0.05, 0) is 72.1 Å². The first-order chi connectivity index (χ1) is 9.69. The van der Waals surface area contributed by atoms with Gasteiger partial charge in [0.1, 0.15) is 11.5 Å². The van der Waals surface area contributed by atoms with Gasteiger partial charge in [0.05, 0.1) is 0 Å². The Morgan fingerprint density at radius 2 is 1.70 bits per heavy atom. The van der Waals surface area contributed by atoms with Crippen LogP contribution in [0.1, 0.15) is 48.3 Å². The Balaban J connectivity index is 1.98. The predicted molar refractivity (Wildman–Crippen MR) is 80.3 cm³/mol. The Hall–Kier alpha value is -1.96. The van der Waals surface area contributed by atoms with E-state index in [1.54, 1.807) is 18.2 Å². The summed E-state index contributed by atoms with van der Waals surface area (Å²) >= 11 is 0. The minimum absolute atomic E-state index is 0.322. The number of aryl methyl sites for hydroxylation is 1. The number of phenolic OH excluding ortho intramolecular Hbond substituents is 2. The lowest BCUT2D eigenvalue weighted by molar-refractivity contribution is 0.449. The minimum atomic E-state index is 0.322. The van der Waals surface area contributed by atoms with E-state index in [-0.39, 0.29) is 0 Å². The van der Waals surface area contributed by atoms with Crippen LogP contribution in [0.3, 0.4) is 0 Å². The fourth-order valence-corrected chi connectivity index (χ4v) is 3.52. The van der Waals surface area contributed by atoms with E-state index in [1.807, 2.05) is 18.2 Å². The van der Waals surface area contributed by atoms with Crippen LogP contribution < -0.4 is 0 Å². The molecule has 0 fully saturated rings. The first kappa shape index (κ1) is 13.0. The van der Waals surface area contributed by atoms with Gasteiger partial charge in [0.2, 0.25) is 0 Å². The van der Waals surface area contributed by atoms with E-state index >= 15 is 0 Å². The molecule has 104 valence electrons. The summed E-state index contributed by atoms with van der Waals surface area (Å²) in [6.45, 7) is 2.22. The molecule has 0 aromatic heterocycles. The highest BCUT2D eigenvalue weighted by molar-refractivity contribution is 5.42. The number of fused-ring (bicyclic) bond motifs is 1. The third-order valence-electron chi connectivity index (χ3n) is 4.50. The van der Waals surface area contributed by atoms with Gasteiger partial charge in [-0.1, -0.05) is 25.1 Å². The second kappa shape index (κ2) is 5.20. The monoisotopic (exact) mass is 268 g/mol. The van der Waals surface area contributed by atoms with Crippen molar-refractivity contribution in [3.05, 3.63) is 59.2 Å². The number of aromatic hydroxyl groups is 2. The van der Waals surface area contributed by atoms with Crippen molar-refractivity contribution in [3.8, 4) is 11.5 Å². The molecular weight excluding hydrogens is 248 g/mol. The second-order valence-electron chi connectivity index (χ2n) is 5.63. The number of hydrogen-bond acceptors (Lipinski definition) is 2. The van der Waals surface area contributed by atoms with Gasteiger partial charge in [0.15, 0.2) is 0 Å². The van der Waals surface area contributed by atoms with Gasteiger partial charge in [-0.3, -0.25) is 0 Å². The molecule has 0 saturated heterocycles. The smallest absolute Gasteiger partial charge is 0.115 e. The van der Waals surface area contributed by atoms with Crippen LogP contribution in [-0.4, -0.2) is 10.2 Å². The molecule has 0 radical (unpaired) electrons. The van der Waals surface area contributed by atoms with Crippen molar-refractivity contribution in [1.82, 2.24) is 0 Å². The molecular formula is C18H20O2. The van der Waals surface area contributed by atoms with Gasteiger partial charge in [-0.25, -0.2) is 0 Å². The molecule has 2 aromatic rings. The molecule has 2 nitrogen and oxygen atoms in total. The highest BCUT2D eigenvalue weighted by Gasteiger charge is 2.29. The molecule has 1 aliphatic carbocycles. The lowest BCUT2D eigenvalue weighted by Crippen LogP contribution is -2.18. The summed E-state index contributed by atoms with van der Waals surface area (Å²) in [7, 11) is 0. The molecule has 2 aromatic carbocycles. The molecule has 2 unspecified atom stereocenters. The van der Waals surface area contributed by atoms with Crippen molar-refractivity contribution in [2.24, 2.45) is 0 Å². The molecule has 0 amide bonds. The van der Waals surface area contributed by atoms with Crippen LogP contribution in [0.4, 0.5) is 0 Å².